The zero-order chi connectivity index (χ0) is 40.3. The fourth-order valence-corrected chi connectivity index (χ4v) is 7.98. The minimum absolute atomic E-state index is 0.0620. The molecule has 1 aliphatic rings. The number of aromatic amines is 1. The van der Waals surface area contributed by atoms with E-state index in [4.69, 9.17) is 11.5 Å². The third kappa shape index (κ3) is 10.6. The standard InChI is InChI=1S/C42H50N8O6S/c43-17-6-5-13-33(44)38(51)47-36(22-30-24-57-25-46-30)40(53)48-35(21-29-23-45-34-14-4-3-12-32(29)34)39(52)49-37(41(54)50-18-15-27(16-19-50)42(55)56)20-28-10-7-9-26-8-1-2-11-31(26)28/h1-4,7-12,14,23-25,27,33,35-37,45H,5-6,13,15-22,43-44H2,(H,47,51)(H,48,53)(H,49,52)(H,55,56)/t33-,35+,36-,37+/m0/s1. The number of aromatic nitrogens is 2. The molecule has 1 saturated heterocycles. The van der Waals surface area contributed by atoms with Crippen LogP contribution in [-0.2, 0) is 43.2 Å². The molecule has 0 bridgehead atoms. The van der Waals surface area contributed by atoms with Crippen LogP contribution in [0.25, 0.3) is 21.7 Å². The normalized spacial score (nSPS) is 15.4. The highest BCUT2D eigenvalue weighted by Crippen LogP contribution is 2.24. The highest BCUT2D eigenvalue weighted by atomic mass is 32.1. The van der Waals surface area contributed by atoms with Crippen LogP contribution in [0.2, 0.25) is 0 Å². The summed E-state index contributed by atoms with van der Waals surface area (Å²) in [7, 11) is 0. The van der Waals surface area contributed by atoms with Gasteiger partial charge in [0.2, 0.25) is 23.6 Å². The lowest BCUT2D eigenvalue weighted by molar-refractivity contribution is -0.146. The van der Waals surface area contributed by atoms with Gasteiger partial charge < -0.3 is 42.4 Å². The maximum atomic E-state index is 14.6. The van der Waals surface area contributed by atoms with Crippen molar-refractivity contribution in [1.29, 1.82) is 0 Å². The van der Waals surface area contributed by atoms with Crippen LogP contribution in [0.3, 0.4) is 0 Å². The number of aliphatic carboxylic acids is 1. The summed E-state index contributed by atoms with van der Waals surface area (Å²) in [4.78, 5) is 77.4. The zero-order valence-electron chi connectivity index (χ0n) is 31.7. The number of carboxylic acids is 1. The predicted octanol–water partition coefficient (Wildman–Crippen LogP) is 3.04. The number of rotatable bonds is 18. The summed E-state index contributed by atoms with van der Waals surface area (Å²) in [6, 6.07) is 17.0. The number of thiazole rings is 1. The van der Waals surface area contributed by atoms with Gasteiger partial charge in [-0.05, 0) is 60.2 Å². The minimum atomic E-state index is -1.18. The molecule has 3 heterocycles. The third-order valence-electron chi connectivity index (χ3n) is 10.6. The number of hydrogen-bond acceptors (Lipinski definition) is 9. The molecular weight excluding hydrogens is 745 g/mol. The number of nitrogens with one attached hydrogen (secondary N) is 4. The predicted molar refractivity (Wildman–Crippen MR) is 219 cm³/mol. The van der Waals surface area contributed by atoms with Crippen molar-refractivity contribution < 1.29 is 29.1 Å². The summed E-state index contributed by atoms with van der Waals surface area (Å²) in [6.07, 6.45) is 4.43. The second-order valence-electron chi connectivity index (χ2n) is 14.6. The van der Waals surface area contributed by atoms with Gasteiger partial charge in [-0.1, -0.05) is 67.1 Å². The van der Waals surface area contributed by atoms with Gasteiger partial charge in [0.25, 0.3) is 0 Å². The molecule has 3 aromatic carbocycles. The number of benzene rings is 3. The van der Waals surface area contributed by atoms with E-state index in [1.807, 2.05) is 66.7 Å². The van der Waals surface area contributed by atoms with E-state index in [2.05, 4.69) is 25.9 Å². The molecule has 0 radical (unpaired) electrons. The number of H-pyrrole nitrogens is 1. The molecule has 4 amide bonds. The average molecular weight is 795 g/mol. The average Bonchev–Trinajstić information content (AvgIpc) is 3.90. The second-order valence-corrected chi connectivity index (χ2v) is 15.3. The van der Waals surface area contributed by atoms with Gasteiger partial charge in [-0.25, -0.2) is 4.98 Å². The first kappa shape index (κ1) is 41.0. The van der Waals surface area contributed by atoms with Crippen LogP contribution in [0.15, 0.2) is 83.8 Å². The number of amides is 4. The number of likely N-dealkylation sites (tertiary alicyclic amines) is 1. The van der Waals surface area contributed by atoms with Gasteiger partial charge in [-0.3, -0.25) is 24.0 Å². The molecule has 300 valence electrons. The van der Waals surface area contributed by atoms with Gasteiger partial charge in [0.05, 0.1) is 23.2 Å². The van der Waals surface area contributed by atoms with Crippen molar-refractivity contribution in [2.24, 2.45) is 17.4 Å². The summed E-state index contributed by atoms with van der Waals surface area (Å²) in [5, 5.41) is 22.9. The van der Waals surface area contributed by atoms with Gasteiger partial charge >= 0.3 is 5.97 Å². The maximum absolute atomic E-state index is 14.6. The van der Waals surface area contributed by atoms with Crippen molar-refractivity contribution in [3.63, 3.8) is 0 Å². The van der Waals surface area contributed by atoms with Crippen molar-refractivity contribution in [2.75, 3.05) is 19.6 Å². The van der Waals surface area contributed by atoms with Crippen molar-refractivity contribution in [1.82, 2.24) is 30.8 Å². The van der Waals surface area contributed by atoms with Gasteiger partial charge in [0, 0.05) is 54.8 Å². The van der Waals surface area contributed by atoms with Crippen LogP contribution in [0, 0.1) is 5.92 Å². The molecule has 14 nitrogen and oxygen atoms in total. The number of para-hydroxylation sites is 1. The number of nitrogens with two attached hydrogens (primary N) is 2. The Kier molecular flexibility index (Phi) is 14.0. The number of piperidine rings is 1. The van der Waals surface area contributed by atoms with Crippen LogP contribution in [-0.4, -0.2) is 93.4 Å². The third-order valence-corrected chi connectivity index (χ3v) is 11.3. The molecular formula is C42H50N8O6S. The molecule has 0 aliphatic carbocycles. The molecule has 0 spiro atoms. The van der Waals surface area contributed by atoms with E-state index in [0.717, 1.165) is 32.8 Å². The van der Waals surface area contributed by atoms with Crippen molar-refractivity contribution in [3.05, 3.63) is 101 Å². The Labute approximate surface area is 334 Å². The number of nitrogens with zero attached hydrogens (tertiary/aromatic N) is 2. The Morgan fingerprint density at radius 3 is 2.18 bits per heavy atom. The maximum Gasteiger partial charge on any atom is 0.306 e. The van der Waals surface area contributed by atoms with Gasteiger partial charge in [-0.15, -0.1) is 11.3 Å². The molecule has 0 saturated carbocycles. The van der Waals surface area contributed by atoms with Gasteiger partial charge in [0.1, 0.15) is 18.1 Å². The van der Waals surface area contributed by atoms with Crippen LogP contribution >= 0.6 is 11.3 Å². The van der Waals surface area contributed by atoms with E-state index in [1.54, 1.807) is 22.0 Å². The lowest BCUT2D eigenvalue weighted by atomic mass is 9.94. The Morgan fingerprint density at radius 1 is 0.807 bits per heavy atom. The molecule has 15 heteroatoms. The molecule has 4 atom stereocenters. The first-order valence-electron chi connectivity index (χ1n) is 19.4. The molecule has 0 unspecified atom stereocenters. The van der Waals surface area contributed by atoms with E-state index in [1.165, 1.54) is 11.3 Å². The Bertz CT molecular complexity index is 2160. The largest absolute Gasteiger partial charge is 0.481 e. The van der Waals surface area contributed by atoms with Crippen LogP contribution in [0.4, 0.5) is 0 Å². The summed E-state index contributed by atoms with van der Waals surface area (Å²) in [6.45, 7) is 0.944. The number of carbonyl (C=O) groups is 5. The lowest BCUT2D eigenvalue weighted by Crippen LogP contribution is -2.59. The molecule has 1 aliphatic heterocycles. The minimum Gasteiger partial charge on any atom is -0.481 e. The summed E-state index contributed by atoms with van der Waals surface area (Å²) in [5.41, 5.74) is 16.5. The summed E-state index contributed by atoms with van der Waals surface area (Å²) in [5.74, 6) is -3.49. The SMILES string of the molecule is NCCCC[C@H](N)C(=O)N[C@@H](Cc1cscn1)C(=O)N[C@H](Cc1c[nH]c2ccccc12)C(=O)N[C@H](Cc1cccc2ccccc12)C(=O)N1CCC(C(=O)O)CC1. The zero-order valence-corrected chi connectivity index (χ0v) is 32.5. The van der Waals surface area contributed by atoms with Crippen LogP contribution in [0.1, 0.15) is 48.9 Å². The van der Waals surface area contributed by atoms with Crippen molar-refractivity contribution in [3.8, 4) is 0 Å². The van der Waals surface area contributed by atoms with Crippen LogP contribution < -0.4 is 27.4 Å². The quantitative estimate of drug-likeness (QED) is 0.0647. The summed E-state index contributed by atoms with van der Waals surface area (Å²) >= 11 is 1.35. The van der Waals surface area contributed by atoms with Crippen molar-refractivity contribution in [2.45, 2.75) is 75.5 Å². The summed E-state index contributed by atoms with van der Waals surface area (Å²) < 4.78 is 0. The fraction of sp³-hybridized carbons (Fsp3) is 0.381. The molecule has 2 aromatic heterocycles. The number of unbranched alkanes of at least 4 members (excludes halogenated alkanes) is 1. The van der Waals surface area contributed by atoms with E-state index >= 15 is 0 Å². The highest BCUT2D eigenvalue weighted by molar-refractivity contribution is 7.07. The van der Waals surface area contributed by atoms with E-state index in [-0.39, 0.29) is 38.3 Å². The van der Waals surface area contributed by atoms with Crippen molar-refractivity contribution >= 4 is 62.6 Å². The molecule has 57 heavy (non-hydrogen) atoms. The fourth-order valence-electron chi connectivity index (χ4n) is 7.41. The second kappa shape index (κ2) is 19.5. The topological polar surface area (TPSA) is 226 Å². The van der Waals surface area contributed by atoms with Gasteiger partial charge in [-0.2, -0.15) is 0 Å². The molecule has 6 rings (SSSR count). The smallest absolute Gasteiger partial charge is 0.306 e. The Balaban J connectivity index is 1.29. The molecule has 5 aromatic rings. The Morgan fingerprint density at radius 2 is 1.46 bits per heavy atom. The molecule has 9 N–H and O–H groups in total. The van der Waals surface area contributed by atoms with Gasteiger partial charge in [0.15, 0.2) is 0 Å². The van der Waals surface area contributed by atoms with E-state index in [0.29, 0.717) is 44.3 Å². The van der Waals surface area contributed by atoms with E-state index < -0.39 is 53.8 Å². The lowest BCUT2D eigenvalue weighted by Gasteiger charge is -2.34. The number of hydrogen-bond donors (Lipinski definition) is 7. The van der Waals surface area contributed by atoms with Crippen LogP contribution in [0.5, 0.6) is 0 Å². The monoisotopic (exact) mass is 794 g/mol. The number of carbonyl (C=O) groups excluding carboxylic acids is 4. The first-order chi connectivity index (χ1) is 27.6. The first-order valence-corrected chi connectivity index (χ1v) is 20.3. The number of carboxylic acid groups (broad SMARTS) is 1. The highest BCUT2D eigenvalue weighted by Gasteiger charge is 2.35. The number of fused-ring (bicyclic) bond motifs is 2. The molecule has 1 fully saturated rings. The Hall–Kier alpha value is -5.64. The van der Waals surface area contributed by atoms with E-state index in [9.17, 15) is 29.1 Å².